The zero-order chi connectivity index (χ0) is 11.1. The normalized spacial score (nSPS) is 26.4. The highest BCUT2D eigenvalue weighted by Gasteiger charge is 2.26. The van der Waals surface area contributed by atoms with Crippen molar-refractivity contribution in [2.75, 3.05) is 40.5 Å². The van der Waals surface area contributed by atoms with Crippen LogP contribution in [0.5, 0.6) is 0 Å². The molecular formula is C11H24N2O2. The molecule has 0 bridgehead atoms. The number of methoxy groups -OCH3 is 2. The van der Waals surface area contributed by atoms with Crippen LogP contribution in [0.3, 0.4) is 0 Å². The molecule has 1 rings (SSSR count). The predicted octanol–water partition coefficient (Wildman–Crippen LogP) is 0.461. The first-order chi connectivity index (χ1) is 7.27. The summed E-state index contributed by atoms with van der Waals surface area (Å²) in [4.78, 5) is 2.44. The summed E-state index contributed by atoms with van der Waals surface area (Å²) in [7, 11) is 3.49. The minimum Gasteiger partial charge on any atom is -0.383 e. The van der Waals surface area contributed by atoms with Gasteiger partial charge < -0.3 is 15.2 Å². The van der Waals surface area contributed by atoms with E-state index in [1.54, 1.807) is 14.2 Å². The molecule has 0 aromatic rings. The lowest BCUT2D eigenvalue weighted by molar-refractivity contribution is 0.0884. The van der Waals surface area contributed by atoms with Crippen molar-refractivity contribution in [3.63, 3.8) is 0 Å². The van der Waals surface area contributed by atoms with Crippen molar-refractivity contribution >= 4 is 0 Å². The monoisotopic (exact) mass is 216 g/mol. The smallest absolute Gasteiger partial charge is 0.0589 e. The Morgan fingerprint density at radius 1 is 1.13 bits per heavy atom. The van der Waals surface area contributed by atoms with Gasteiger partial charge in [0, 0.05) is 39.4 Å². The first-order valence-electron chi connectivity index (χ1n) is 5.75. The van der Waals surface area contributed by atoms with Crippen molar-refractivity contribution in [3.05, 3.63) is 0 Å². The quantitative estimate of drug-likeness (QED) is 0.671. The summed E-state index contributed by atoms with van der Waals surface area (Å²) in [6.45, 7) is 3.54. The molecule has 0 aromatic carbocycles. The highest BCUT2D eigenvalue weighted by molar-refractivity contribution is 4.84. The molecule has 1 fully saturated rings. The molecular weight excluding hydrogens is 192 g/mol. The van der Waals surface area contributed by atoms with Gasteiger partial charge >= 0.3 is 0 Å². The van der Waals surface area contributed by atoms with Gasteiger partial charge in [-0.1, -0.05) is 0 Å². The van der Waals surface area contributed by atoms with Gasteiger partial charge in [0.1, 0.15) is 0 Å². The maximum absolute atomic E-state index is 5.93. The molecule has 1 aliphatic rings. The zero-order valence-electron chi connectivity index (χ0n) is 9.95. The van der Waals surface area contributed by atoms with Crippen molar-refractivity contribution in [2.45, 2.75) is 31.3 Å². The third kappa shape index (κ3) is 4.47. The molecule has 2 unspecified atom stereocenters. The average molecular weight is 216 g/mol. The average Bonchev–Trinajstić information content (AvgIpc) is 2.65. The van der Waals surface area contributed by atoms with Crippen LogP contribution < -0.4 is 5.73 Å². The minimum atomic E-state index is 0.391. The number of ether oxygens (including phenoxy) is 2. The van der Waals surface area contributed by atoms with Crippen LogP contribution in [0, 0.1) is 0 Å². The summed E-state index contributed by atoms with van der Waals surface area (Å²) in [6.07, 6.45) is 3.49. The summed E-state index contributed by atoms with van der Waals surface area (Å²) in [5.41, 5.74) is 5.93. The van der Waals surface area contributed by atoms with E-state index < -0.39 is 0 Å². The van der Waals surface area contributed by atoms with E-state index in [4.69, 9.17) is 15.2 Å². The third-order valence-corrected chi connectivity index (χ3v) is 3.13. The van der Waals surface area contributed by atoms with Gasteiger partial charge in [-0.05, 0) is 19.3 Å². The highest BCUT2D eigenvalue weighted by atomic mass is 16.5. The molecule has 90 valence electrons. The van der Waals surface area contributed by atoms with E-state index in [1.165, 1.54) is 6.42 Å². The molecule has 1 aliphatic carbocycles. The Kier molecular flexibility index (Phi) is 6.17. The molecule has 0 heterocycles. The Hall–Kier alpha value is -0.160. The van der Waals surface area contributed by atoms with Crippen LogP contribution in [0.1, 0.15) is 19.3 Å². The molecule has 0 aromatic heterocycles. The Morgan fingerprint density at radius 3 is 2.13 bits per heavy atom. The topological polar surface area (TPSA) is 47.7 Å². The zero-order valence-corrected chi connectivity index (χ0v) is 9.95. The second-order valence-electron chi connectivity index (χ2n) is 4.25. The van der Waals surface area contributed by atoms with Crippen molar-refractivity contribution in [1.29, 1.82) is 0 Å². The molecule has 0 amide bonds. The highest BCUT2D eigenvalue weighted by Crippen LogP contribution is 2.22. The molecule has 0 saturated heterocycles. The summed E-state index contributed by atoms with van der Waals surface area (Å²) in [5, 5.41) is 0. The van der Waals surface area contributed by atoms with Gasteiger partial charge in [0.15, 0.2) is 0 Å². The van der Waals surface area contributed by atoms with E-state index in [2.05, 4.69) is 4.90 Å². The molecule has 1 saturated carbocycles. The maximum atomic E-state index is 5.93. The van der Waals surface area contributed by atoms with Crippen molar-refractivity contribution in [2.24, 2.45) is 5.73 Å². The van der Waals surface area contributed by atoms with Gasteiger partial charge in [-0.25, -0.2) is 0 Å². The summed E-state index contributed by atoms with van der Waals surface area (Å²) >= 11 is 0. The fraction of sp³-hybridized carbons (Fsp3) is 1.00. The third-order valence-electron chi connectivity index (χ3n) is 3.13. The SMILES string of the molecule is COCCN(CCOC)C1CCC(N)C1. The Balaban J connectivity index is 2.32. The van der Waals surface area contributed by atoms with Gasteiger partial charge in [0.25, 0.3) is 0 Å². The lowest BCUT2D eigenvalue weighted by atomic mass is 10.2. The predicted molar refractivity (Wildman–Crippen MR) is 60.9 cm³/mol. The first-order valence-corrected chi connectivity index (χ1v) is 5.75. The van der Waals surface area contributed by atoms with Crippen LogP contribution in [0.2, 0.25) is 0 Å². The molecule has 4 heteroatoms. The Labute approximate surface area is 92.7 Å². The molecule has 0 radical (unpaired) electrons. The van der Waals surface area contributed by atoms with Crippen LogP contribution in [0.25, 0.3) is 0 Å². The van der Waals surface area contributed by atoms with Crippen LogP contribution in [0.4, 0.5) is 0 Å². The fourth-order valence-electron chi connectivity index (χ4n) is 2.22. The van der Waals surface area contributed by atoms with Gasteiger partial charge in [-0.3, -0.25) is 4.90 Å². The standard InChI is InChI=1S/C11H24N2O2/c1-14-7-5-13(6-8-15-2)11-4-3-10(12)9-11/h10-11H,3-9,12H2,1-2H3. The number of nitrogens with two attached hydrogens (primary N) is 1. The minimum absolute atomic E-state index is 0.391. The summed E-state index contributed by atoms with van der Waals surface area (Å²) < 4.78 is 10.2. The number of hydrogen-bond donors (Lipinski definition) is 1. The van der Waals surface area contributed by atoms with Crippen LogP contribution in [-0.2, 0) is 9.47 Å². The van der Waals surface area contributed by atoms with Gasteiger partial charge in [-0.2, -0.15) is 0 Å². The number of rotatable bonds is 7. The molecule has 15 heavy (non-hydrogen) atoms. The molecule has 2 N–H and O–H groups in total. The van der Waals surface area contributed by atoms with E-state index in [1.807, 2.05) is 0 Å². The largest absolute Gasteiger partial charge is 0.383 e. The van der Waals surface area contributed by atoms with E-state index in [0.717, 1.165) is 39.1 Å². The molecule has 0 spiro atoms. The summed E-state index contributed by atoms with van der Waals surface area (Å²) in [5.74, 6) is 0. The van der Waals surface area contributed by atoms with Crippen LogP contribution in [0.15, 0.2) is 0 Å². The number of nitrogens with zero attached hydrogens (tertiary/aromatic N) is 1. The van der Waals surface area contributed by atoms with E-state index in [9.17, 15) is 0 Å². The molecule has 2 atom stereocenters. The fourth-order valence-corrected chi connectivity index (χ4v) is 2.22. The van der Waals surface area contributed by atoms with Gasteiger partial charge in [0.05, 0.1) is 13.2 Å². The van der Waals surface area contributed by atoms with Crippen molar-refractivity contribution in [3.8, 4) is 0 Å². The lowest BCUT2D eigenvalue weighted by Gasteiger charge is -2.28. The second-order valence-corrected chi connectivity index (χ2v) is 4.25. The van der Waals surface area contributed by atoms with Crippen LogP contribution in [-0.4, -0.2) is 57.5 Å². The second kappa shape index (κ2) is 7.17. The van der Waals surface area contributed by atoms with E-state index in [0.29, 0.717) is 12.1 Å². The maximum Gasteiger partial charge on any atom is 0.0589 e. The van der Waals surface area contributed by atoms with Crippen LogP contribution >= 0.6 is 0 Å². The van der Waals surface area contributed by atoms with E-state index >= 15 is 0 Å². The van der Waals surface area contributed by atoms with Gasteiger partial charge in [0.2, 0.25) is 0 Å². The van der Waals surface area contributed by atoms with Crippen molar-refractivity contribution in [1.82, 2.24) is 4.90 Å². The van der Waals surface area contributed by atoms with Crippen molar-refractivity contribution < 1.29 is 9.47 Å². The number of hydrogen-bond acceptors (Lipinski definition) is 4. The van der Waals surface area contributed by atoms with E-state index in [-0.39, 0.29) is 0 Å². The first kappa shape index (κ1) is 12.9. The lowest BCUT2D eigenvalue weighted by Crippen LogP contribution is -2.39. The summed E-state index contributed by atoms with van der Waals surface area (Å²) in [6, 6.07) is 1.02. The molecule has 4 nitrogen and oxygen atoms in total. The Morgan fingerprint density at radius 2 is 1.73 bits per heavy atom. The Bertz CT molecular complexity index is 159. The van der Waals surface area contributed by atoms with Gasteiger partial charge in [-0.15, -0.1) is 0 Å². The molecule has 0 aliphatic heterocycles.